The van der Waals surface area contributed by atoms with Gasteiger partial charge in [-0.25, -0.2) is 0 Å². The summed E-state index contributed by atoms with van der Waals surface area (Å²) < 4.78 is 10.6. The third-order valence-electron chi connectivity index (χ3n) is 1.17. The van der Waals surface area contributed by atoms with Crippen LogP contribution in [0.2, 0.25) is 0 Å². The molecule has 0 aromatic heterocycles. The fourth-order valence-corrected chi connectivity index (χ4v) is 2.22. The Bertz CT molecular complexity index is 126. The van der Waals surface area contributed by atoms with Gasteiger partial charge in [-0.2, -0.15) is 0 Å². The maximum Gasteiger partial charge on any atom is 0.0971 e. The zero-order valence-electron chi connectivity index (χ0n) is 4.40. The predicted molar refractivity (Wildman–Crippen MR) is 32.2 cm³/mol. The van der Waals surface area contributed by atoms with Crippen LogP contribution in [-0.2, 0) is 4.57 Å². The highest BCUT2D eigenvalue weighted by Gasteiger charge is 2.04. The molecule has 0 radical (unpaired) electrons. The van der Waals surface area contributed by atoms with Crippen LogP contribution < -0.4 is 0 Å². The van der Waals surface area contributed by atoms with Crippen molar-refractivity contribution in [2.45, 2.75) is 13.3 Å². The van der Waals surface area contributed by atoms with Gasteiger partial charge >= 0.3 is 0 Å². The summed E-state index contributed by atoms with van der Waals surface area (Å²) in [5.74, 6) is 1.91. The molecule has 0 saturated heterocycles. The molecule has 0 aromatic carbocycles. The van der Waals surface area contributed by atoms with Gasteiger partial charge in [-0.15, -0.1) is 0 Å². The van der Waals surface area contributed by atoms with Gasteiger partial charge in [-0.05, 0) is 19.2 Å². The van der Waals surface area contributed by atoms with Gasteiger partial charge in [-0.3, -0.25) is 0 Å². The average molecular weight is 116 g/mol. The van der Waals surface area contributed by atoms with E-state index in [0.717, 1.165) is 12.6 Å². The van der Waals surface area contributed by atoms with Crippen LogP contribution in [0.5, 0.6) is 0 Å². The summed E-state index contributed by atoms with van der Waals surface area (Å²) in [5.41, 5.74) is 1.31. The molecule has 0 aromatic rings. The van der Waals surface area contributed by atoms with Crippen molar-refractivity contribution in [3.05, 3.63) is 11.4 Å². The molecule has 1 aliphatic heterocycles. The van der Waals surface area contributed by atoms with E-state index in [1.54, 1.807) is 0 Å². The second-order valence-electron chi connectivity index (χ2n) is 1.96. The van der Waals surface area contributed by atoms with Crippen molar-refractivity contribution in [3.8, 4) is 0 Å². The number of hydrogen-bond donors (Lipinski definition) is 0. The van der Waals surface area contributed by atoms with E-state index in [1.165, 1.54) is 5.57 Å². The molecule has 0 fully saturated rings. The normalized spacial score (nSPS) is 30.4. The molecule has 1 nitrogen and oxygen atoms in total. The minimum atomic E-state index is -1.22. The quantitative estimate of drug-likeness (QED) is 0.441. The average Bonchev–Trinajstić information content (AvgIpc) is 1.87. The van der Waals surface area contributed by atoms with E-state index in [0.29, 0.717) is 0 Å². The molecule has 40 valence electrons. The first kappa shape index (κ1) is 5.11. The molecular formula is C5H9OP. The van der Waals surface area contributed by atoms with Crippen LogP contribution in [0.4, 0.5) is 0 Å². The van der Waals surface area contributed by atoms with Crippen molar-refractivity contribution in [1.29, 1.82) is 0 Å². The van der Waals surface area contributed by atoms with Gasteiger partial charge in [0.25, 0.3) is 0 Å². The van der Waals surface area contributed by atoms with E-state index >= 15 is 0 Å². The van der Waals surface area contributed by atoms with E-state index in [9.17, 15) is 4.57 Å². The first-order valence-electron chi connectivity index (χ1n) is 2.49. The molecule has 1 atom stereocenters. The lowest BCUT2D eigenvalue weighted by molar-refractivity contribution is 0.594. The van der Waals surface area contributed by atoms with Crippen LogP contribution >= 0.6 is 7.80 Å². The summed E-state index contributed by atoms with van der Waals surface area (Å²) in [7, 11) is -1.22. The molecule has 2 heteroatoms. The van der Waals surface area contributed by atoms with Crippen LogP contribution in [0, 0.1) is 0 Å². The maximum absolute atomic E-state index is 10.6. The van der Waals surface area contributed by atoms with Crippen molar-refractivity contribution in [2.75, 3.05) is 6.16 Å². The fourth-order valence-electron chi connectivity index (χ4n) is 0.740. The lowest BCUT2D eigenvalue weighted by Gasteiger charge is -1.78. The molecule has 1 aliphatic rings. The third kappa shape index (κ3) is 1.17. The van der Waals surface area contributed by atoms with E-state index in [-0.39, 0.29) is 0 Å². The highest BCUT2D eigenvalue weighted by atomic mass is 31.1. The van der Waals surface area contributed by atoms with E-state index in [4.69, 9.17) is 0 Å². The minimum absolute atomic E-state index is 0.927. The van der Waals surface area contributed by atoms with Crippen molar-refractivity contribution in [2.24, 2.45) is 0 Å². The summed E-state index contributed by atoms with van der Waals surface area (Å²) >= 11 is 0. The van der Waals surface area contributed by atoms with Gasteiger partial charge in [0.15, 0.2) is 0 Å². The number of hydrogen-bond acceptors (Lipinski definition) is 1. The second-order valence-corrected chi connectivity index (χ2v) is 3.68. The smallest absolute Gasteiger partial charge is 0.0971 e. The van der Waals surface area contributed by atoms with Crippen molar-refractivity contribution in [3.63, 3.8) is 0 Å². The highest BCUT2D eigenvalue weighted by Crippen LogP contribution is 2.33. The lowest BCUT2D eigenvalue weighted by atomic mass is 10.3. The molecule has 0 aliphatic carbocycles. The van der Waals surface area contributed by atoms with E-state index in [1.807, 2.05) is 12.7 Å². The van der Waals surface area contributed by atoms with Crippen molar-refractivity contribution in [1.82, 2.24) is 0 Å². The summed E-state index contributed by atoms with van der Waals surface area (Å²) in [6, 6.07) is 0. The van der Waals surface area contributed by atoms with Crippen LogP contribution in [0.15, 0.2) is 11.4 Å². The van der Waals surface area contributed by atoms with E-state index in [2.05, 4.69) is 0 Å². The molecule has 1 rings (SSSR count). The highest BCUT2D eigenvalue weighted by molar-refractivity contribution is 7.48. The SMILES string of the molecule is CC1=C[PH](=O)CC1. The van der Waals surface area contributed by atoms with Gasteiger partial charge in [0.1, 0.15) is 0 Å². The fraction of sp³-hybridized carbons (Fsp3) is 0.600. The lowest BCUT2D eigenvalue weighted by Crippen LogP contribution is -1.66. The second kappa shape index (κ2) is 1.83. The number of allylic oxidation sites excluding steroid dienone is 1. The van der Waals surface area contributed by atoms with Gasteiger partial charge in [0, 0.05) is 6.16 Å². The Labute approximate surface area is 44.2 Å². The maximum atomic E-state index is 10.6. The van der Waals surface area contributed by atoms with E-state index < -0.39 is 7.80 Å². The topological polar surface area (TPSA) is 17.1 Å². The van der Waals surface area contributed by atoms with Gasteiger partial charge in [0.05, 0.1) is 7.80 Å². The zero-order valence-corrected chi connectivity index (χ0v) is 5.40. The van der Waals surface area contributed by atoms with Crippen molar-refractivity contribution < 1.29 is 4.57 Å². The van der Waals surface area contributed by atoms with Gasteiger partial charge in [-0.1, -0.05) is 5.57 Å². The molecule has 1 unspecified atom stereocenters. The molecule has 1 heterocycles. The Morgan fingerprint density at radius 1 is 1.86 bits per heavy atom. The first-order valence-corrected chi connectivity index (χ1v) is 4.18. The molecule has 0 bridgehead atoms. The Balaban J connectivity index is 2.67. The summed E-state index contributed by atoms with van der Waals surface area (Å²) in [6.45, 7) is 2.04. The molecule has 0 saturated carbocycles. The Morgan fingerprint density at radius 3 is 2.71 bits per heavy atom. The summed E-state index contributed by atoms with van der Waals surface area (Å²) in [6.07, 6.45) is 1.99. The largest absolute Gasteiger partial charge is 0.323 e. The molecule has 0 amide bonds. The molecule has 7 heavy (non-hydrogen) atoms. The van der Waals surface area contributed by atoms with Crippen LogP contribution in [0.3, 0.4) is 0 Å². The van der Waals surface area contributed by atoms with Crippen LogP contribution in [0.1, 0.15) is 13.3 Å². The number of rotatable bonds is 0. The van der Waals surface area contributed by atoms with Gasteiger partial charge in [0.2, 0.25) is 0 Å². The van der Waals surface area contributed by atoms with Crippen LogP contribution in [-0.4, -0.2) is 6.16 Å². The predicted octanol–water partition coefficient (Wildman–Crippen LogP) is 1.85. The molecular weight excluding hydrogens is 107 g/mol. The Kier molecular flexibility index (Phi) is 1.34. The minimum Gasteiger partial charge on any atom is -0.323 e. The first-order chi connectivity index (χ1) is 3.29. The summed E-state index contributed by atoms with van der Waals surface area (Å²) in [4.78, 5) is 0. The zero-order chi connectivity index (χ0) is 5.28. The molecule has 0 spiro atoms. The van der Waals surface area contributed by atoms with Crippen molar-refractivity contribution >= 4 is 7.80 Å². The summed E-state index contributed by atoms with van der Waals surface area (Å²) in [5, 5.41) is 0. The Morgan fingerprint density at radius 2 is 2.57 bits per heavy atom. The Hall–Kier alpha value is -0.0300. The third-order valence-corrected chi connectivity index (χ3v) is 2.73. The monoisotopic (exact) mass is 116 g/mol. The van der Waals surface area contributed by atoms with Crippen LogP contribution in [0.25, 0.3) is 0 Å². The standard InChI is InChI=1S/C5H9OP/c1-5-2-3-7(6)4-5/h4,7H,2-3H2,1H3. The molecule has 0 N–H and O–H groups in total. The van der Waals surface area contributed by atoms with Gasteiger partial charge < -0.3 is 4.57 Å².